The van der Waals surface area contributed by atoms with E-state index in [0.717, 1.165) is 5.01 Å². The van der Waals surface area contributed by atoms with Crippen LogP contribution >= 0.6 is 0 Å². The number of carbonyl (C=O) groups excluding carboxylic acids is 1. The number of rotatable bonds is 1. The predicted molar refractivity (Wildman–Crippen MR) is 30.7 cm³/mol. The van der Waals surface area contributed by atoms with Crippen molar-refractivity contribution < 1.29 is 4.79 Å². The van der Waals surface area contributed by atoms with Gasteiger partial charge in [0.05, 0.1) is 0 Å². The minimum Gasteiger partial charge on any atom is -0.350 e. The maximum Gasteiger partial charge on any atom is 0.329 e. The van der Waals surface area contributed by atoms with Crippen LogP contribution in [0.3, 0.4) is 0 Å². The second kappa shape index (κ2) is 2.52. The van der Waals surface area contributed by atoms with E-state index in [1.807, 2.05) is 0 Å². The average Bonchev–Trinajstić information content (AvgIpc) is 1.64. The monoisotopic (exact) mass is 117 g/mol. The van der Waals surface area contributed by atoms with Crippen LogP contribution in [0.25, 0.3) is 0 Å². The largest absolute Gasteiger partial charge is 0.350 e. The number of hydrazine groups is 1. The molecule has 0 fully saturated rings. The summed E-state index contributed by atoms with van der Waals surface area (Å²) in [6.07, 6.45) is 0. The lowest BCUT2D eigenvalue weighted by molar-refractivity contribution is 0.194. The second-order valence-electron chi connectivity index (χ2n) is 1.84. The van der Waals surface area contributed by atoms with E-state index in [2.05, 4.69) is 0 Å². The van der Waals surface area contributed by atoms with Crippen molar-refractivity contribution in [2.75, 3.05) is 0 Å². The SMILES string of the molecule is CC(C)N(N)C(N)=O. The van der Waals surface area contributed by atoms with E-state index < -0.39 is 6.03 Å². The molecule has 0 unspecified atom stereocenters. The first kappa shape index (κ1) is 7.23. The topological polar surface area (TPSA) is 72.3 Å². The number of urea groups is 1. The predicted octanol–water partition coefficient (Wildman–Crippen LogP) is -0.351. The highest BCUT2D eigenvalue weighted by atomic mass is 16.2. The zero-order valence-electron chi connectivity index (χ0n) is 5.09. The van der Waals surface area contributed by atoms with Gasteiger partial charge in [0, 0.05) is 6.04 Å². The van der Waals surface area contributed by atoms with Crippen molar-refractivity contribution in [1.29, 1.82) is 0 Å². The summed E-state index contributed by atoms with van der Waals surface area (Å²) in [6, 6.07) is -0.618. The van der Waals surface area contributed by atoms with E-state index in [9.17, 15) is 4.79 Å². The molecule has 0 aliphatic heterocycles. The lowest BCUT2D eigenvalue weighted by atomic mass is 10.4. The Morgan fingerprint density at radius 1 is 1.62 bits per heavy atom. The van der Waals surface area contributed by atoms with Gasteiger partial charge in [0.1, 0.15) is 0 Å². The summed E-state index contributed by atoms with van der Waals surface area (Å²) >= 11 is 0. The van der Waals surface area contributed by atoms with Crippen molar-refractivity contribution in [3.05, 3.63) is 0 Å². The van der Waals surface area contributed by atoms with Crippen molar-refractivity contribution in [3.8, 4) is 0 Å². The molecule has 0 aliphatic rings. The number of amides is 2. The molecule has 0 aromatic carbocycles. The van der Waals surface area contributed by atoms with Crippen LogP contribution in [0.5, 0.6) is 0 Å². The van der Waals surface area contributed by atoms with E-state index in [4.69, 9.17) is 11.6 Å². The van der Waals surface area contributed by atoms with Gasteiger partial charge in [-0.2, -0.15) is 0 Å². The molecule has 4 N–H and O–H groups in total. The first-order valence-electron chi connectivity index (χ1n) is 2.39. The van der Waals surface area contributed by atoms with Crippen LogP contribution in [0.1, 0.15) is 13.8 Å². The van der Waals surface area contributed by atoms with Crippen LogP contribution in [0.2, 0.25) is 0 Å². The van der Waals surface area contributed by atoms with Crippen molar-refractivity contribution in [1.82, 2.24) is 5.01 Å². The molecule has 0 spiro atoms. The highest BCUT2D eigenvalue weighted by Crippen LogP contribution is 1.86. The quantitative estimate of drug-likeness (QED) is 0.280. The molecule has 0 aliphatic carbocycles. The smallest absolute Gasteiger partial charge is 0.329 e. The van der Waals surface area contributed by atoms with Crippen LogP contribution < -0.4 is 11.6 Å². The van der Waals surface area contributed by atoms with Crippen molar-refractivity contribution >= 4 is 6.03 Å². The van der Waals surface area contributed by atoms with Crippen LogP contribution in [0.15, 0.2) is 0 Å². The Kier molecular flexibility index (Phi) is 2.27. The molecule has 2 amide bonds. The summed E-state index contributed by atoms with van der Waals surface area (Å²) in [4.78, 5) is 10.2. The van der Waals surface area contributed by atoms with Crippen LogP contribution in [0, 0.1) is 0 Å². The van der Waals surface area contributed by atoms with Crippen LogP contribution in [0.4, 0.5) is 4.79 Å². The third-order valence-corrected chi connectivity index (χ3v) is 0.811. The van der Waals surface area contributed by atoms with E-state index in [1.165, 1.54) is 0 Å². The van der Waals surface area contributed by atoms with E-state index in [0.29, 0.717) is 0 Å². The number of primary amides is 1. The van der Waals surface area contributed by atoms with Crippen LogP contribution in [-0.4, -0.2) is 17.1 Å². The number of carbonyl (C=O) groups is 1. The zero-order chi connectivity index (χ0) is 6.73. The van der Waals surface area contributed by atoms with Crippen molar-refractivity contribution in [3.63, 3.8) is 0 Å². The molecule has 0 saturated heterocycles. The molecule has 0 saturated carbocycles. The molecule has 48 valence electrons. The minimum absolute atomic E-state index is 0.0208. The maximum absolute atomic E-state index is 10.2. The lowest BCUT2D eigenvalue weighted by Gasteiger charge is -2.16. The fourth-order valence-corrected chi connectivity index (χ4v) is 0.254. The van der Waals surface area contributed by atoms with Crippen molar-refractivity contribution in [2.45, 2.75) is 19.9 Å². The Morgan fingerprint density at radius 2 is 2.00 bits per heavy atom. The van der Waals surface area contributed by atoms with Gasteiger partial charge in [-0.15, -0.1) is 0 Å². The van der Waals surface area contributed by atoms with Gasteiger partial charge in [-0.3, -0.25) is 5.01 Å². The molecule has 4 heteroatoms. The lowest BCUT2D eigenvalue weighted by Crippen LogP contribution is -2.45. The van der Waals surface area contributed by atoms with Gasteiger partial charge in [0.15, 0.2) is 0 Å². The first-order chi connectivity index (χ1) is 3.55. The first-order valence-corrected chi connectivity index (χ1v) is 2.39. The zero-order valence-corrected chi connectivity index (χ0v) is 5.09. The second-order valence-corrected chi connectivity index (χ2v) is 1.84. The third kappa shape index (κ3) is 1.79. The molecular weight excluding hydrogens is 106 g/mol. The molecular formula is C4H11N3O. The summed E-state index contributed by atoms with van der Waals surface area (Å²) in [5.41, 5.74) is 4.80. The molecule has 8 heavy (non-hydrogen) atoms. The van der Waals surface area contributed by atoms with Gasteiger partial charge in [0.25, 0.3) is 0 Å². The molecule has 0 aromatic rings. The molecule has 0 aromatic heterocycles. The Hall–Kier alpha value is -0.770. The van der Waals surface area contributed by atoms with Gasteiger partial charge in [-0.25, -0.2) is 10.6 Å². The van der Waals surface area contributed by atoms with Gasteiger partial charge in [-0.05, 0) is 13.8 Å². The van der Waals surface area contributed by atoms with E-state index in [-0.39, 0.29) is 6.04 Å². The minimum atomic E-state index is -0.597. The number of hydrogen-bond donors (Lipinski definition) is 2. The van der Waals surface area contributed by atoms with Crippen LogP contribution in [-0.2, 0) is 0 Å². The average molecular weight is 117 g/mol. The van der Waals surface area contributed by atoms with E-state index >= 15 is 0 Å². The Bertz CT molecular complexity index is 91.3. The fraction of sp³-hybridized carbons (Fsp3) is 0.750. The molecule has 0 atom stereocenters. The molecule has 0 radical (unpaired) electrons. The fourth-order valence-electron chi connectivity index (χ4n) is 0.254. The Labute approximate surface area is 48.4 Å². The Morgan fingerprint density at radius 3 is 2.00 bits per heavy atom. The summed E-state index contributed by atoms with van der Waals surface area (Å²) < 4.78 is 0. The van der Waals surface area contributed by atoms with Gasteiger partial charge < -0.3 is 5.73 Å². The van der Waals surface area contributed by atoms with Gasteiger partial charge in [-0.1, -0.05) is 0 Å². The van der Waals surface area contributed by atoms with Crippen molar-refractivity contribution in [2.24, 2.45) is 11.6 Å². The standard InChI is InChI=1S/C4H11N3O/c1-3(2)7(6)4(5)8/h3H,6H2,1-2H3,(H2,5,8). The normalized spacial score (nSPS) is 9.50. The van der Waals surface area contributed by atoms with Gasteiger partial charge in [0.2, 0.25) is 0 Å². The van der Waals surface area contributed by atoms with Gasteiger partial charge >= 0.3 is 6.03 Å². The molecule has 0 heterocycles. The number of nitrogens with two attached hydrogens (primary N) is 2. The highest BCUT2D eigenvalue weighted by molar-refractivity contribution is 5.71. The summed E-state index contributed by atoms with van der Waals surface area (Å²) in [5, 5.41) is 0.972. The third-order valence-electron chi connectivity index (χ3n) is 0.811. The highest BCUT2D eigenvalue weighted by Gasteiger charge is 2.05. The molecule has 4 nitrogen and oxygen atoms in total. The summed E-state index contributed by atoms with van der Waals surface area (Å²) in [7, 11) is 0. The molecule has 0 bridgehead atoms. The number of nitrogens with zero attached hydrogens (tertiary/aromatic N) is 1. The summed E-state index contributed by atoms with van der Waals surface area (Å²) in [6.45, 7) is 3.56. The molecule has 0 rings (SSSR count). The van der Waals surface area contributed by atoms with E-state index in [1.54, 1.807) is 13.8 Å². The number of hydrogen-bond acceptors (Lipinski definition) is 2. The summed E-state index contributed by atoms with van der Waals surface area (Å²) in [5.74, 6) is 5.12. The maximum atomic E-state index is 10.2. The Balaban J connectivity index is 3.64.